The van der Waals surface area contributed by atoms with E-state index in [9.17, 15) is 9.59 Å². The van der Waals surface area contributed by atoms with Crippen LogP contribution in [0.1, 0.15) is 49.4 Å². The average molecular weight is 589 g/mol. The van der Waals surface area contributed by atoms with Gasteiger partial charge in [0.05, 0.1) is 24.2 Å². The van der Waals surface area contributed by atoms with Crippen molar-refractivity contribution in [3.8, 4) is 11.5 Å². The Morgan fingerprint density at radius 1 is 1.08 bits per heavy atom. The first kappa shape index (κ1) is 26.6. The minimum atomic E-state index is -0.279. The summed E-state index contributed by atoms with van der Waals surface area (Å²) >= 11 is 3.46. The Kier molecular flexibility index (Phi) is 8.36. The Morgan fingerprint density at radius 2 is 1.87 bits per heavy atom. The van der Waals surface area contributed by atoms with E-state index >= 15 is 0 Å². The van der Waals surface area contributed by atoms with Gasteiger partial charge in [-0.1, -0.05) is 53.4 Å². The zero-order valence-electron chi connectivity index (χ0n) is 21.6. The second-order valence-corrected chi connectivity index (χ2v) is 10.4. The molecule has 1 N–H and O–H groups in total. The molecular weight excluding hydrogens is 560 g/mol. The van der Waals surface area contributed by atoms with Gasteiger partial charge in [0.25, 0.3) is 11.5 Å². The summed E-state index contributed by atoms with van der Waals surface area (Å²) < 4.78 is 13.5. The lowest BCUT2D eigenvalue weighted by Crippen LogP contribution is -2.25. The molecule has 0 unspecified atom stereocenters. The van der Waals surface area contributed by atoms with Gasteiger partial charge in [-0.05, 0) is 66.9 Å². The van der Waals surface area contributed by atoms with Gasteiger partial charge in [-0.2, -0.15) is 9.78 Å². The number of fused-ring (bicyclic) bond motifs is 1. The van der Waals surface area contributed by atoms with Crippen LogP contribution in [-0.4, -0.2) is 35.5 Å². The first-order valence-electron chi connectivity index (χ1n) is 12.9. The normalized spacial score (nSPS) is 14.0. The minimum Gasteiger partial charge on any atom is -0.493 e. The molecule has 5 rings (SSSR count). The van der Waals surface area contributed by atoms with Gasteiger partial charge in [0.15, 0.2) is 18.1 Å². The number of aromatic nitrogens is 2. The van der Waals surface area contributed by atoms with E-state index in [0.717, 1.165) is 30.2 Å². The highest BCUT2D eigenvalue weighted by Crippen LogP contribution is 2.32. The third-order valence-corrected chi connectivity index (χ3v) is 7.22. The molecule has 3 aromatic carbocycles. The summed E-state index contributed by atoms with van der Waals surface area (Å²) in [5.41, 5.74) is 1.89. The van der Waals surface area contributed by atoms with E-state index in [1.165, 1.54) is 18.2 Å². The van der Waals surface area contributed by atoms with E-state index in [1.54, 1.807) is 30.5 Å². The number of ether oxygens (including phenoxy) is 2. The van der Waals surface area contributed by atoms with Crippen LogP contribution in [0.25, 0.3) is 10.9 Å². The number of carbonyl (C=O) groups excluding carboxylic acids is 1. The van der Waals surface area contributed by atoms with Crippen LogP contribution in [0.3, 0.4) is 0 Å². The van der Waals surface area contributed by atoms with Gasteiger partial charge in [-0.15, -0.1) is 0 Å². The Morgan fingerprint density at radius 3 is 2.64 bits per heavy atom. The molecule has 9 heteroatoms. The maximum atomic E-state index is 13.5. The third-order valence-electron chi connectivity index (χ3n) is 6.73. The van der Waals surface area contributed by atoms with E-state index in [0.29, 0.717) is 39.5 Å². The molecule has 0 saturated heterocycles. The molecule has 1 aromatic heterocycles. The molecule has 1 fully saturated rings. The van der Waals surface area contributed by atoms with Gasteiger partial charge in [-0.3, -0.25) is 9.59 Å². The lowest BCUT2D eigenvalue weighted by atomic mass is 9.88. The standard InChI is InChI=1S/C30H29BrN4O4/c1-38-27-16-20(12-15-26(27)39-19-28(36)33-23-10-6-3-7-11-23)18-32-35-29(21-8-4-2-5-9-21)34-25-14-13-22(31)17-24(25)30(35)37/h3,6-7,10-18,21H,2,4-5,8-9,19H2,1H3,(H,33,36). The number of nitrogens with zero attached hydrogens (tertiary/aromatic N) is 3. The summed E-state index contributed by atoms with van der Waals surface area (Å²) in [7, 11) is 1.53. The van der Waals surface area contributed by atoms with Crippen molar-refractivity contribution in [3.05, 3.63) is 92.9 Å². The topological polar surface area (TPSA) is 94.8 Å². The van der Waals surface area contributed by atoms with Gasteiger partial charge >= 0.3 is 0 Å². The summed E-state index contributed by atoms with van der Waals surface area (Å²) in [6, 6.07) is 20.0. The number of hydrogen-bond acceptors (Lipinski definition) is 6. The fourth-order valence-electron chi connectivity index (χ4n) is 4.77. The van der Waals surface area contributed by atoms with Crippen molar-refractivity contribution in [2.24, 2.45) is 5.10 Å². The number of hydrogen-bond donors (Lipinski definition) is 1. The number of methoxy groups -OCH3 is 1. The number of para-hydroxylation sites is 1. The van der Waals surface area contributed by atoms with Crippen LogP contribution in [0.4, 0.5) is 5.69 Å². The van der Waals surface area contributed by atoms with E-state index in [2.05, 4.69) is 26.3 Å². The molecule has 0 aliphatic heterocycles. The van der Waals surface area contributed by atoms with Crippen LogP contribution in [0.15, 0.2) is 81.1 Å². The second-order valence-electron chi connectivity index (χ2n) is 9.44. The molecule has 1 saturated carbocycles. The van der Waals surface area contributed by atoms with Crippen molar-refractivity contribution in [1.29, 1.82) is 0 Å². The van der Waals surface area contributed by atoms with Crippen LogP contribution in [-0.2, 0) is 4.79 Å². The van der Waals surface area contributed by atoms with Gasteiger partial charge in [0.1, 0.15) is 5.82 Å². The number of nitrogens with one attached hydrogen (secondary N) is 1. The van der Waals surface area contributed by atoms with E-state index in [4.69, 9.17) is 14.5 Å². The van der Waals surface area contributed by atoms with Crippen LogP contribution >= 0.6 is 15.9 Å². The summed E-state index contributed by atoms with van der Waals surface area (Å²) in [5.74, 6) is 1.48. The lowest BCUT2D eigenvalue weighted by Gasteiger charge is -2.22. The average Bonchev–Trinajstić information content (AvgIpc) is 2.97. The molecule has 0 atom stereocenters. The Hall–Kier alpha value is -3.98. The van der Waals surface area contributed by atoms with E-state index < -0.39 is 0 Å². The number of benzene rings is 3. The second kappa shape index (κ2) is 12.3. The Balaban J connectivity index is 1.39. The predicted molar refractivity (Wildman–Crippen MR) is 156 cm³/mol. The smallest absolute Gasteiger partial charge is 0.282 e. The van der Waals surface area contributed by atoms with Gasteiger partial charge in [0, 0.05) is 16.1 Å². The molecule has 200 valence electrons. The zero-order valence-corrected chi connectivity index (χ0v) is 23.2. The zero-order chi connectivity index (χ0) is 27.2. The highest BCUT2D eigenvalue weighted by molar-refractivity contribution is 9.10. The highest BCUT2D eigenvalue weighted by Gasteiger charge is 2.22. The van der Waals surface area contributed by atoms with Crippen molar-refractivity contribution in [3.63, 3.8) is 0 Å². The SMILES string of the molecule is COc1cc(C=Nn2c(C3CCCCC3)nc3ccc(Br)cc3c2=O)ccc1OCC(=O)Nc1ccccc1. The Bertz CT molecular complexity index is 1560. The van der Waals surface area contributed by atoms with Gasteiger partial charge in [-0.25, -0.2) is 4.98 Å². The van der Waals surface area contributed by atoms with Crippen molar-refractivity contribution in [2.45, 2.75) is 38.0 Å². The number of amides is 1. The molecule has 0 spiro atoms. The quantitative estimate of drug-likeness (QED) is 0.250. The summed E-state index contributed by atoms with van der Waals surface area (Å²) in [5, 5.41) is 7.89. The lowest BCUT2D eigenvalue weighted by molar-refractivity contribution is -0.118. The van der Waals surface area contributed by atoms with Crippen molar-refractivity contribution in [1.82, 2.24) is 9.66 Å². The molecule has 4 aromatic rings. The monoisotopic (exact) mass is 588 g/mol. The van der Waals surface area contributed by atoms with Crippen molar-refractivity contribution < 1.29 is 14.3 Å². The predicted octanol–water partition coefficient (Wildman–Crippen LogP) is 6.12. The fourth-order valence-corrected chi connectivity index (χ4v) is 5.13. The largest absolute Gasteiger partial charge is 0.493 e. The van der Waals surface area contributed by atoms with Crippen LogP contribution in [0.5, 0.6) is 11.5 Å². The first-order chi connectivity index (χ1) is 19.0. The molecule has 8 nitrogen and oxygen atoms in total. The number of carbonyl (C=O) groups is 1. The summed E-state index contributed by atoms with van der Waals surface area (Å²) in [4.78, 5) is 30.7. The van der Waals surface area contributed by atoms with Crippen LogP contribution in [0, 0.1) is 0 Å². The molecule has 1 amide bonds. The number of halogens is 1. The van der Waals surface area contributed by atoms with Crippen LogP contribution in [0.2, 0.25) is 0 Å². The molecule has 0 bridgehead atoms. The van der Waals surface area contributed by atoms with Gasteiger partial charge in [0.2, 0.25) is 0 Å². The fraction of sp³-hybridized carbons (Fsp3) is 0.267. The Labute approximate surface area is 234 Å². The maximum absolute atomic E-state index is 13.5. The van der Waals surface area contributed by atoms with E-state index in [1.807, 2.05) is 42.5 Å². The first-order valence-corrected chi connectivity index (χ1v) is 13.7. The van der Waals surface area contributed by atoms with E-state index in [-0.39, 0.29) is 24.0 Å². The molecule has 39 heavy (non-hydrogen) atoms. The molecule has 0 radical (unpaired) electrons. The molecule has 1 aliphatic carbocycles. The molecule has 1 aliphatic rings. The summed E-state index contributed by atoms with van der Waals surface area (Å²) in [6.07, 6.45) is 7.03. The van der Waals surface area contributed by atoms with Gasteiger partial charge < -0.3 is 14.8 Å². The number of anilines is 1. The van der Waals surface area contributed by atoms with Crippen molar-refractivity contribution >= 4 is 44.6 Å². The van der Waals surface area contributed by atoms with Crippen LogP contribution < -0.4 is 20.3 Å². The number of rotatable bonds is 8. The third kappa shape index (κ3) is 6.37. The summed E-state index contributed by atoms with van der Waals surface area (Å²) in [6.45, 7) is -0.169. The molecular formula is C30H29BrN4O4. The maximum Gasteiger partial charge on any atom is 0.282 e. The minimum absolute atomic E-state index is 0.169. The molecule has 1 heterocycles. The van der Waals surface area contributed by atoms with Crippen molar-refractivity contribution in [2.75, 3.05) is 19.0 Å². The highest BCUT2D eigenvalue weighted by atomic mass is 79.9.